The van der Waals surface area contributed by atoms with Gasteiger partial charge in [-0.1, -0.05) is 12.1 Å². The Kier molecular flexibility index (Phi) is 6.53. The summed E-state index contributed by atoms with van der Waals surface area (Å²) in [6.07, 6.45) is 3.86. The maximum Gasteiger partial charge on any atom is 0.191 e. The van der Waals surface area contributed by atoms with Crippen molar-refractivity contribution in [3.63, 3.8) is 0 Å². The SMILES string of the molecule is CCNC(=NCc1ccc(S(C)(=O)=O)cc1)NCCc1c[nH]c2cc(F)ccc12. The number of halogens is 1. The summed E-state index contributed by atoms with van der Waals surface area (Å²) in [7, 11) is -3.20. The minimum absolute atomic E-state index is 0.254. The molecule has 0 unspecified atom stereocenters. The molecule has 2 aromatic carbocycles. The second-order valence-electron chi connectivity index (χ2n) is 6.79. The highest BCUT2D eigenvalue weighted by molar-refractivity contribution is 7.90. The van der Waals surface area contributed by atoms with Gasteiger partial charge in [0.1, 0.15) is 5.82 Å². The predicted molar refractivity (Wildman–Crippen MR) is 114 cm³/mol. The highest BCUT2D eigenvalue weighted by atomic mass is 32.2. The summed E-state index contributed by atoms with van der Waals surface area (Å²) in [5.74, 6) is 0.431. The third-order valence-electron chi connectivity index (χ3n) is 4.53. The normalized spacial score (nSPS) is 12.3. The molecule has 8 heteroatoms. The maximum absolute atomic E-state index is 13.3. The fourth-order valence-electron chi connectivity index (χ4n) is 3.04. The van der Waals surface area contributed by atoms with Gasteiger partial charge in [0, 0.05) is 36.4 Å². The van der Waals surface area contributed by atoms with Crippen LogP contribution in [-0.2, 0) is 22.8 Å². The molecule has 6 nitrogen and oxygen atoms in total. The van der Waals surface area contributed by atoms with Crippen LogP contribution in [0, 0.1) is 5.82 Å². The van der Waals surface area contributed by atoms with Crippen molar-refractivity contribution < 1.29 is 12.8 Å². The van der Waals surface area contributed by atoms with Gasteiger partial charge in [-0.2, -0.15) is 0 Å². The van der Waals surface area contributed by atoms with Crippen molar-refractivity contribution in [1.29, 1.82) is 0 Å². The summed E-state index contributed by atoms with van der Waals surface area (Å²) in [6, 6.07) is 11.5. The Balaban J connectivity index is 1.60. The first-order valence-electron chi connectivity index (χ1n) is 9.43. The molecule has 1 aromatic heterocycles. The average Bonchev–Trinajstić information content (AvgIpc) is 3.07. The van der Waals surface area contributed by atoms with Crippen LogP contribution in [0.1, 0.15) is 18.1 Å². The van der Waals surface area contributed by atoms with Crippen LogP contribution in [0.15, 0.2) is 58.5 Å². The highest BCUT2D eigenvalue weighted by Crippen LogP contribution is 2.19. The molecule has 3 aromatic rings. The second-order valence-corrected chi connectivity index (χ2v) is 8.81. The first-order chi connectivity index (χ1) is 13.9. The number of aliphatic imine (C=N–C) groups is 1. The van der Waals surface area contributed by atoms with Gasteiger partial charge < -0.3 is 15.6 Å². The van der Waals surface area contributed by atoms with E-state index in [4.69, 9.17) is 0 Å². The molecule has 0 bridgehead atoms. The minimum atomic E-state index is -3.20. The van der Waals surface area contributed by atoms with Crippen molar-refractivity contribution in [3.05, 3.63) is 65.6 Å². The van der Waals surface area contributed by atoms with Gasteiger partial charge in [-0.05, 0) is 54.8 Å². The van der Waals surface area contributed by atoms with Gasteiger partial charge in [-0.25, -0.2) is 17.8 Å². The van der Waals surface area contributed by atoms with Crippen LogP contribution < -0.4 is 10.6 Å². The van der Waals surface area contributed by atoms with Crippen LogP contribution in [-0.4, -0.2) is 38.7 Å². The van der Waals surface area contributed by atoms with Crippen molar-refractivity contribution in [2.75, 3.05) is 19.3 Å². The van der Waals surface area contributed by atoms with E-state index < -0.39 is 9.84 Å². The van der Waals surface area contributed by atoms with Crippen LogP contribution in [0.5, 0.6) is 0 Å². The molecule has 0 aliphatic carbocycles. The van der Waals surface area contributed by atoms with E-state index in [0.717, 1.165) is 35.0 Å². The van der Waals surface area contributed by atoms with Crippen LogP contribution >= 0.6 is 0 Å². The Bertz CT molecular complexity index is 1110. The lowest BCUT2D eigenvalue weighted by Crippen LogP contribution is -2.38. The average molecular weight is 417 g/mol. The fourth-order valence-corrected chi connectivity index (χ4v) is 3.67. The number of hydrogen-bond acceptors (Lipinski definition) is 3. The topological polar surface area (TPSA) is 86.3 Å². The van der Waals surface area contributed by atoms with Gasteiger partial charge in [0.2, 0.25) is 0 Å². The monoisotopic (exact) mass is 416 g/mol. The Morgan fingerprint density at radius 1 is 1.14 bits per heavy atom. The molecule has 0 saturated heterocycles. The molecule has 29 heavy (non-hydrogen) atoms. The number of benzene rings is 2. The lowest BCUT2D eigenvalue weighted by Gasteiger charge is -2.11. The van der Waals surface area contributed by atoms with Crippen molar-refractivity contribution in [1.82, 2.24) is 15.6 Å². The van der Waals surface area contributed by atoms with Gasteiger partial charge in [0.05, 0.1) is 11.4 Å². The molecule has 0 spiro atoms. The second kappa shape index (κ2) is 9.09. The Hall–Kier alpha value is -2.87. The van der Waals surface area contributed by atoms with Gasteiger partial charge in [0.15, 0.2) is 15.8 Å². The number of H-pyrrole nitrogens is 1. The number of guanidine groups is 1. The zero-order valence-corrected chi connectivity index (χ0v) is 17.3. The number of nitrogens with zero attached hydrogens (tertiary/aromatic N) is 1. The van der Waals surface area contributed by atoms with Crippen molar-refractivity contribution in [3.8, 4) is 0 Å². The Morgan fingerprint density at radius 3 is 2.59 bits per heavy atom. The van der Waals surface area contributed by atoms with Crippen LogP contribution in [0.25, 0.3) is 10.9 Å². The van der Waals surface area contributed by atoms with Crippen LogP contribution in [0.3, 0.4) is 0 Å². The number of aromatic nitrogens is 1. The zero-order chi connectivity index (χ0) is 20.9. The van der Waals surface area contributed by atoms with Gasteiger partial charge in [-0.3, -0.25) is 0 Å². The largest absolute Gasteiger partial charge is 0.361 e. The molecule has 3 rings (SSSR count). The molecular weight excluding hydrogens is 391 g/mol. The smallest absolute Gasteiger partial charge is 0.191 e. The van der Waals surface area contributed by atoms with Gasteiger partial charge in [0.25, 0.3) is 0 Å². The molecule has 1 heterocycles. The molecule has 0 atom stereocenters. The molecule has 0 aliphatic rings. The lowest BCUT2D eigenvalue weighted by molar-refractivity contribution is 0.602. The molecule has 154 valence electrons. The quantitative estimate of drug-likeness (QED) is 0.408. The maximum atomic E-state index is 13.3. The van der Waals surface area contributed by atoms with E-state index in [1.54, 1.807) is 30.3 Å². The number of hydrogen-bond donors (Lipinski definition) is 3. The molecule has 0 fully saturated rings. The number of aromatic amines is 1. The van der Waals surface area contributed by atoms with Gasteiger partial charge in [-0.15, -0.1) is 0 Å². The van der Waals surface area contributed by atoms with Crippen molar-refractivity contribution in [2.45, 2.75) is 24.8 Å². The van der Waals surface area contributed by atoms with Gasteiger partial charge >= 0.3 is 0 Å². The third-order valence-corrected chi connectivity index (χ3v) is 5.66. The summed E-state index contributed by atoms with van der Waals surface area (Å²) >= 11 is 0. The molecule has 0 amide bonds. The Labute approximate surface area is 170 Å². The van der Waals surface area contributed by atoms with E-state index in [9.17, 15) is 12.8 Å². The van der Waals surface area contributed by atoms with Crippen molar-refractivity contribution >= 4 is 26.7 Å². The summed E-state index contributed by atoms with van der Waals surface area (Å²) < 4.78 is 36.4. The number of sulfone groups is 1. The van der Waals surface area contributed by atoms with E-state index in [2.05, 4.69) is 20.6 Å². The highest BCUT2D eigenvalue weighted by Gasteiger charge is 2.07. The number of nitrogens with one attached hydrogen (secondary N) is 3. The van der Waals surface area contributed by atoms with E-state index >= 15 is 0 Å². The van der Waals surface area contributed by atoms with Crippen LogP contribution in [0.2, 0.25) is 0 Å². The summed E-state index contributed by atoms with van der Waals surface area (Å²) in [6.45, 7) is 3.83. The first kappa shape index (κ1) is 20.9. The lowest BCUT2D eigenvalue weighted by atomic mass is 10.1. The summed E-state index contributed by atoms with van der Waals surface area (Å²) in [5, 5.41) is 7.51. The zero-order valence-electron chi connectivity index (χ0n) is 16.5. The van der Waals surface area contributed by atoms with Crippen LogP contribution in [0.4, 0.5) is 4.39 Å². The standard InChI is InChI=1S/C21H25FN4O2S/c1-3-23-21(26-13-15-4-7-18(8-5-15)29(2,27)28)24-11-10-16-14-25-20-12-17(22)6-9-19(16)20/h4-9,12,14,25H,3,10-11,13H2,1-2H3,(H2,23,24,26). The third kappa shape index (κ3) is 5.57. The molecule has 0 saturated carbocycles. The number of fused-ring (bicyclic) bond motifs is 1. The minimum Gasteiger partial charge on any atom is -0.361 e. The molecule has 0 radical (unpaired) electrons. The van der Waals surface area contributed by atoms with E-state index in [1.807, 2.05) is 13.1 Å². The summed E-state index contributed by atoms with van der Waals surface area (Å²) in [4.78, 5) is 7.95. The first-order valence-corrected chi connectivity index (χ1v) is 11.3. The van der Waals surface area contributed by atoms with Crippen molar-refractivity contribution in [2.24, 2.45) is 4.99 Å². The van der Waals surface area contributed by atoms with E-state index in [1.165, 1.54) is 18.4 Å². The molecule has 0 aliphatic heterocycles. The molecule has 3 N–H and O–H groups in total. The van der Waals surface area contributed by atoms with E-state index in [0.29, 0.717) is 23.9 Å². The number of rotatable bonds is 7. The summed E-state index contributed by atoms with van der Waals surface area (Å²) in [5.41, 5.74) is 2.83. The Morgan fingerprint density at radius 2 is 1.90 bits per heavy atom. The van der Waals surface area contributed by atoms with E-state index in [-0.39, 0.29) is 5.82 Å². The predicted octanol–water partition coefficient (Wildman–Crippen LogP) is 3.01. The molecular formula is C21H25FN4O2S. The fraction of sp³-hybridized carbons (Fsp3) is 0.286.